The number of carbonyl (C=O) groups excluding carboxylic acids is 1. The van der Waals surface area contributed by atoms with Crippen molar-refractivity contribution < 1.29 is 19.1 Å². The van der Waals surface area contributed by atoms with Crippen molar-refractivity contribution in [3.05, 3.63) is 63.6 Å². The van der Waals surface area contributed by atoms with Gasteiger partial charge in [-0.2, -0.15) is 0 Å². The second kappa shape index (κ2) is 6.45. The van der Waals surface area contributed by atoms with Crippen LogP contribution in [0, 0.1) is 5.82 Å². The largest absolute Gasteiger partial charge is 0.477 e. The lowest BCUT2D eigenvalue weighted by atomic mass is 10.2. The van der Waals surface area contributed by atoms with Gasteiger partial charge >= 0.3 is 5.97 Å². The van der Waals surface area contributed by atoms with Gasteiger partial charge in [0.1, 0.15) is 11.5 Å². The Bertz CT molecular complexity index is 689. The number of rotatable bonds is 4. The van der Waals surface area contributed by atoms with Gasteiger partial charge in [0.05, 0.1) is 5.56 Å². The Balaban J connectivity index is 2.04. The van der Waals surface area contributed by atoms with Crippen LogP contribution in [0.25, 0.3) is 0 Å². The molecular formula is C14H10BrFN2O3. The molecule has 0 saturated heterocycles. The summed E-state index contributed by atoms with van der Waals surface area (Å²) in [5.74, 6) is -2.30. The van der Waals surface area contributed by atoms with E-state index in [-0.39, 0.29) is 17.8 Å². The van der Waals surface area contributed by atoms with Gasteiger partial charge in [-0.25, -0.2) is 14.2 Å². The number of carboxylic acid groups (broad SMARTS) is 1. The Morgan fingerprint density at radius 2 is 2.05 bits per heavy atom. The Morgan fingerprint density at radius 3 is 2.67 bits per heavy atom. The third-order valence-corrected chi connectivity index (χ3v) is 3.16. The van der Waals surface area contributed by atoms with Crippen LogP contribution in [0.1, 0.15) is 26.4 Å². The van der Waals surface area contributed by atoms with Crippen LogP contribution in [0.4, 0.5) is 4.39 Å². The van der Waals surface area contributed by atoms with Crippen molar-refractivity contribution in [3.63, 3.8) is 0 Å². The highest BCUT2D eigenvalue weighted by Gasteiger charge is 2.12. The molecular weight excluding hydrogens is 343 g/mol. The molecule has 0 unspecified atom stereocenters. The summed E-state index contributed by atoms with van der Waals surface area (Å²) in [4.78, 5) is 26.3. The molecule has 0 radical (unpaired) electrons. The average Bonchev–Trinajstić information content (AvgIpc) is 2.47. The van der Waals surface area contributed by atoms with E-state index in [0.717, 1.165) is 0 Å². The van der Waals surface area contributed by atoms with Crippen molar-refractivity contribution in [2.24, 2.45) is 0 Å². The van der Waals surface area contributed by atoms with Crippen LogP contribution < -0.4 is 5.32 Å². The number of amides is 1. The summed E-state index contributed by atoms with van der Waals surface area (Å²) >= 11 is 3.17. The number of nitrogens with one attached hydrogen (secondary N) is 1. The summed E-state index contributed by atoms with van der Waals surface area (Å²) in [5, 5.41) is 11.3. The van der Waals surface area contributed by atoms with Crippen LogP contribution in [0.2, 0.25) is 0 Å². The topological polar surface area (TPSA) is 79.3 Å². The molecule has 0 atom stereocenters. The molecule has 0 saturated carbocycles. The minimum atomic E-state index is -1.12. The van der Waals surface area contributed by atoms with Crippen LogP contribution in [0.5, 0.6) is 0 Å². The first-order chi connectivity index (χ1) is 9.97. The van der Waals surface area contributed by atoms with E-state index in [9.17, 15) is 14.0 Å². The standard InChI is InChI=1S/C14H10BrFN2O3/c15-9-2-3-11(16)10(5-9)13(19)18-7-8-1-4-12(14(20)21)17-6-8/h1-6H,7H2,(H,18,19)(H,20,21). The Morgan fingerprint density at radius 1 is 1.29 bits per heavy atom. The van der Waals surface area contributed by atoms with Gasteiger partial charge in [-0.3, -0.25) is 4.79 Å². The molecule has 5 nitrogen and oxygen atoms in total. The quantitative estimate of drug-likeness (QED) is 0.886. The van der Waals surface area contributed by atoms with Gasteiger partial charge in [0, 0.05) is 17.2 Å². The molecule has 2 N–H and O–H groups in total. The maximum absolute atomic E-state index is 13.5. The molecule has 21 heavy (non-hydrogen) atoms. The maximum atomic E-state index is 13.5. The molecule has 0 bridgehead atoms. The molecule has 0 fully saturated rings. The predicted molar refractivity (Wildman–Crippen MR) is 76.5 cm³/mol. The van der Waals surface area contributed by atoms with Gasteiger partial charge < -0.3 is 10.4 Å². The third kappa shape index (κ3) is 3.85. The highest BCUT2D eigenvalue weighted by molar-refractivity contribution is 9.10. The van der Waals surface area contributed by atoms with Gasteiger partial charge in [-0.05, 0) is 29.8 Å². The van der Waals surface area contributed by atoms with E-state index in [1.165, 1.54) is 36.5 Å². The summed E-state index contributed by atoms with van der Waals surface area (Å²) in [6.07, 6.45) is 1.35. The van der Waals surface area contributed by atoms with E-state index in [1.807, 2.05) is 0 Å². The summed E-state index contributed by atoms with van der Waals surface area (Å²) in [6.45, 7) is 0.123. The molecule has 1 amide bonds. The fourth-order valence-corrected chi connectivity index (χ4v) is 1.97. The van der Waals surface area contributed by atoms with E-state index in [1.54, 1.807) is 0 Å². The van der Waals surface area contributed by atoms with E-state index in [2.05, 4.69) is 26.2 Å². The van der Waals surface area contributed by atoms with Crippen molar-refractivity contribution in [1.82, 2.24) is 10.3 Å². The summed E-state index contributed by atoms with van der Waals surface area (Å²) in [7, 11) is 0. The fourth-order valence-electron chi connectivity index (χ4n) is 1.60. The van der Waals surface area contributed by atoms with E-state index >= 15 is 0 Å². The van der Waals surface area contributed by atoms with Crippen LogP contribution in [-0.4, -0.2) is 22.0 Å². The minimum Gasteiger partial charge on any atom is -0.477 e. The first-order valence-corrected chi connectivity index (χ1v) is 6.68. The molecule has 2 rings (SSSR count). The molecule has 0 aliphatic heterocycles. The van der Waals surface area contributed by atoms with E-state index in [4.69, 9.17) is 5.11 Å². The molecule has 1 heterocycles. The number of halogens is 2. The molecule has 0 aliphatic rings. The van der Waals surface area contributed by atoms with Crippen LogP contribution in [0.3, 0.4) is 0 Å². The number of hydrogen-bond donors (Lipinski definition) is 2. The fraction of sp³-hybridized carbons (Fsp3) is 0.0714. The molecule has 108 valence electrons. The number of aromatic nitrogens is 1. The molecule has 1 aromatic heterocycles. The zero-order chi connectivity index (χ0) is 15.4. The predicted octanol–water partition coefficient (Wildman–Crippen LogP) is 2.61. The molecule has 0 spiro atoms. The molecule has 0 aliphatic carbocycles. The monoisotopic (exact) mass is 352 g/mol. The Labute approximate surface area is 128 Å². The zero-order valence-electron chi connectivity index (χ0n) is 10.6. The van der Waals surface area contributed by atoms with Crippen molar-refractivity contribution in [3.8, 4) is 0 Å². The van der Waals surface area contributed by atoms with Gasteiger partial charge in [-0.15, -0.1) is 0 Å². The average molecular weight is 353 g/mol. The number of aromatic carboxylic acids is 1. The smallest absolute Gasteiger partial charge is 0.354 e. The minimum absolute atomic E-state index is 0.0699. The van der Waals surface area contributed by atoms with Crippen LogP contribution >= 0.6 is 15.9 Å². The van der Waals surface area contributed by atoms with Crippen molar-refractivity contribution in [2.45, 2.75) is 6.54 Å². The van der Waals surface area contributed by atoms with Crippen molar-refractivity contribution in [1.29, 1.82) is 0 Å². The highest BCUT2D eigenvalue weighted by atomic mass is 79.9. The third-order valence-electron chi connectivity index (χ3n) is 2.67. The highest BCUT2D eigenvalue weighted by Crippen LogP contribution is 2.15. The van der Waals surface area contributed by atoms with Crippen LogP contribution in [-0.2, 0) is 6.54 Å². The molecule has 2 aromatic rings. The first kappa shape index (κ1) is 15.1. The van der Waals surface area contributed by atoms with Gasteiger partial charge in [-0.1, -0.05) is 22.0 Å². The number of nitrogens with zero attached hydrogens (tertiary/aromatic N) is 1. The SMILES string of the molecule is O=C(O)c1ccc(CNC(=O)c2cc(Br)ccc2F)cn1. The normalized spacial score (nSPS) is 10.2. The first-order valence-electron chi connectivity index (χ1n) is 5.89. The summed E-state index contributed by atoms with van der Waals surface area (Å²) in [6, 6.07) is 6.96. The number of carbonyl (C=O) groups is 2. The molecule has 1 aromatic carbocycles. The zero-order valence-corrected chi connectivity index (χ0v) is 12.2. The van der Waals surface area contributed by atoms with E-state index in [0.29, 0.717) is 10.0 Å². The Hall–Kier alpha value is -2.28. The summed E-state index contributed by atoms with van der Waals surface area (Å²) < 4.78 is 14.1. The number of carboxylic acids is 1. The lowest BCUT2D eigenvalue weighted by molar-refractivity contribution is 0.0690. The van der Waals surface area contributed by atoms with Crippen LogP contribution in [0.15, 0.2) is 41.0 Å². The van der Waals surface area contributed by atoms with E-state index < -0.39 is 17.7 Å². The number of benzene rings is 1. The Kier molecular flexibility index (Phi) is 4.64. The summed E-state index contributed by atoms with van der Waals surface area (Å²) in [5.41, 5.74) is 0.464. The van der Waals surface area contributed by atoms with Crippen molar-refractivity contribution >= 4 is 27.8 Å². The lowest BCUT2D eigenvalue weighted by Crippen LogP contribution is -2.24. The lowest BCUT2D eigenvalue weighted by Gasteiger charge is -2.07. The second-order valence-electron chi connectivity index (χ2n) is 4.16. The van der Waals surface area contributed by atoms with Gasteiger partial charge in [0.15, 0.2) is 0 Å². The second-order valence-corrected chi connectivity index (χ2v) is 5.08. The van der Waals surface area contributed by atoms with Crippen molar-refractivity contribution in [2.75, 3.05) is 0 Å². The maximum Gasteiger partial charge on any atom is 0.354 e. The van der Waals surface area contributed by atoms with Gasteiger partial charge in [0.2, 0.25) is 0 Å². The molecule has 7 heteroatoms. The van der Waals surface area contributed by atoms with Gasteiger partial charge in [0.25, 0.3) is 5.91 Å². The number of hydrogen-bond acceptors (Lipinski definition) is 3. The number of pyridine rings is 1.